The molecule has 1 N–H and O–H groups in total. The zero-order chi connectivity index (χ0) is 20.5. The van der Waals surface area contributed by atoms with E-state index in [2.05, 4.69) is 5.32 Å². The first-order valence-electron chi connectivity index (χ1n) is 9.47. The lowest BCUT2D eigenvalue weighted by Crippen LogP contribution is -2.49. The number of nitrogens with one attached hydrogen (secondary N) is 1. The van der Waals surface area contributed by atoms with Gasteiger partial charge in [-0.3, -0.25) is 19.3 Å². The van der Waals surface area contributed by atoms with E-state index in [9.17, 15) is 19.2 Å². The summed E-state index contributed by atoms with van der Waals surface area (Å²) in [5.74, 6) is -0.939. The van der Waals surface area contributed by atoms with Gasteiger partial charge < -0.3 is 15.1 Å². The van der Waals surface area contributed by atoms with E-state index >= 15 is 0 Å². The fraction of sp³-hybridized carbons (Fsp3) is 0.500. The third-order valence-corrected chi connectivity index (χ3v) is 5.59. The van der Waals surface area contributed by atoms with Crippen LogP contribution in [-0.4, -0.2) is 71.7 Å². The Morgan fingerprint density at radius 3 is 2.46 bits per heavy atom. The molecule has 1 aliphatic heterocycles. The summed E-state index contributed by atoms with van der Waals surface area (Å²) >= 11 is 0. The minimum Gasteiger partial charge on any atom is -0.345 e. The maximum atomic E-state index is 12.9. The highest BCUT2D eigenvalue weighted by molar-refractivity contribution is 6.10. The molecule has 8 nitrogen and oxygen atoms in total. The third kappa shape index (κ3) is 3.46. The first kappa shape index (κ1) is 19.9. The molecule has 1 heterocycles. The van der Waals surface area contributed by atoms with Gasteiger partial charge in [-0.25, -0.2) is 4.79 Å². The maximum Gasteiger partial charge on any atom is 0.327 e. The predicted molar refractivity (Wildman–Crippen MR) is 104 cm³/mol. The Morgan fingerprint density at radius 2 is 1.82 bits per heavy atom. The van der Waals surface area contributed by atoms with Gasteiger partial charge in [0, 0.05) is 32.4 Å². The highest BCUT2D eigenvalue weighted by Gasteiger charge is 2.55. The van der Waals surface area contributed by atoms with Crippen molar-refractivity contribution in [1.82, 2.24) is 14.7 Å². The van der Waals surface area contributed by atoms with Gasteiger partial charge in [0.2, 0.25) is 5.91 Å². The number of imide groups is 1. The molecule has 1 spiro atoms. The topological polar surface area (TPSA) is 90.0 Å². The molecular weight excluding hydrogens is 360 g/mol. The van der Waals surface area contributed by atoms with Gasteiger partial charge in [0.1, 0.15) is 12.1 Å². The summed E-state index contributed by atoms with van der Waals surface area (Å²) in [6.07, 6.45) is 4.13. The molecule has 5 amide bonds. The molecule has 28 heavy (non-hydrogen) atoms. The highest BCUT2D eigenvalue weighted by atomic mass is 16.2. The monoisotopic (exact) mass is 386 g/mol. The van der Waals surface area contributed by atoms with Crippen molar-refractivity contribution in [2.45, 2.75) is 37.6 Å². The molecule has 0 atom stereocenters. The highest BCUT2D eigenvalue weighted by Crippen LogP contribution is 2.39. The fourth-order valence-corrected chi connectivity index (χ4v) is 4.00. The van der Waals surface area contributed by atoms with Crippen molar-refractivity contribution in [2.24, 2.45) is 0 Å². The van der Waals surface area contributed by atoms with Crippen molar-refractivity contribution >= 4 is 29.4 Å². The molecule has 0 aromatic heterocycles. The van der Waals surface area contributed by atoms with Crippen molar-refractivity contribution in [2.75, 3.05) is 33.0 Å². The average molecular weight is 386 g/mol. The van der Waals surface area contributed by atoms with Crippen LogP contribution in [0.25, 0.3) is 0 Å². The molecule has 1 aliphatic carbocycles. The van der Waals surface area contributed by atoms with Crippen molar-refractivity contribution in [3.63, 3.8) is 0 Å². The Balaban J connectivity index is 1.70. The summed E-state index contributed by atoms with van der Waals surface area (Å²) in [6, 6.07) is 6.13. The molecule has 0 bridgehead atoms. The quantitative estimate of drug-likeness (QED) is 0.801. The standard InChI is InChI=1S/C20H26N4O4/c1-22(2)17(26)14-8-7-9-15(12-14)21-16(25)13-24-18(27)20(23(3)19(24)28)10-5-4-6-11-20/h7-9,12H,4-6,10-11,13H2,1-3H3,(H,21,25). The Morgan fingerprint density at radius 1 is 1.14 bits per heavy atom. The fourth-order valence-electron chi connectivity index (χ4n) is 4.00. The second kappa shape index (κ2) is 7.61. The van der Waals surface area contributed by atoms with Crippen LogP contribution in [0.5, 0.6) is 0 Å². The maximum absolute atomic E-state index is 12.9. The number of nitrogens with zero attached hydrogens (tertiary/aromatic N) is 3. The van der Waals surface area contributed by atoms with Gasteiger partial charge in [0.05, 0.1) is 0 Å². The van der Waals surface area contributed by atoms with Crippen molar-refractivity contribution in [1.29, 1.82) is 0 Å². The normalized spacial score (nSPS) is 18.5. The smallest absolute Gasteiger partial charge is 0.327 e. The van der Waals surface area contributed by atoms with Crippen LogP contribution in [0.2, 0.25) is 0 Å². The van der Waals surface area contributed by atoms with E-state index in [1.54, 1.807) is 45.4 Å². The predicted octanol–water partition coefficient (Wildman–Crippen LogP) is 1.92. The summed E-state index contributed by atoms with van der Waals surface area (Å²) in [7, 11) is 4.94. The number of likely N-dealkylation sites (N-methyl/N-ethyl adjacent to an activating group) is 1. The van der Waals surface area contributed by atoms with E-state index < -0.39 is 17.5 Å². The second-order valence-corrected chi connectivity index (χ2v) is 7.65. The summed E-state index contributed by atoms with van der Waals surface area (Å²) < 4.78 is 0. The lowest BCUT2D eigenvalue weighted by Gasteiger charge is -2.35. The molecule has 1 aromatic rings. The lowest BCUT2D eigenvalue weighted by atomic mass is 9.81. The number of urea groups is 1. The first-order valence-corrected chi connectivity index (χ1v) is 9.47. The van der Waals surface area contributed by atoms with Crippen LogP contribution in [0, 0.1) is 0 Å². The molecule has 1 aromatic carbocycles. The number of hydrogen-bond acceptors (Lipinski definition) is 4. The van der Waals surface area contributed by atoms with Crippen LogP contribution in [0.1, 0.15) is 42.5 Å². The molecule has 2 fully saturated rings. The minimum absolute atomic E-state index is 0.179. The van der Waals surface area contributed by atoms with E-state index in [1.165, 1.54) is 9.80 Å². The zero-order valence-electron chi connectivity index (χ0n) is 16.5. The van der Waals surface area contributed by atoms with E-state index in [1.807, 2.05) is 0 Å². The number of amides is 5. The van der Waals surface area contributed by atoms with E-state index in [4.69, 9.17) is 0 Å². The van der Waals surface area contributed by atoms with Crippen LogP contribution >= 0.6 is 0 Å². The molecule has 1 saturated heterocycles. The number of hydrogen-bond donors (Lipinski definition) is 1. The minimum atomic E-state index is -0.798. The number of benzene rings is 1. The number of carbonyl (C=O) groups excluding carboxylic acids is 4. The number of anilines is 1. The summed E-state index contributed by atoms with van der Waals surface area (Å²) in [5, 5.41) is 2.68. The van der Waals surface area contributed by atoms with Gasteiger partial charge in [0.15, 0.2) is 0 Å². The zero-order valence-corrected chi connectivity index (χ0v) is 16.5. The van der Waals surface area contributed by atoms with Crippen LogP contribution < -0.4 is 5.32 Å². The van der Waals surface area contributed by atoms with Crippen LogP contribution in [0.4, 0.5) is 10.5 Å². The van der Waals surface area contributed by atoms with Gasteiger partial charge in [-0.05, 0) is 31.0 Å². The first-order chi connectivity index (χ1) is 13.3. The molecule has 0 unspecified atom stereocenters. The van der Waals surface area contributed by atoms with Crippen LogP contribution in [-0.2, 0) is 9.59 Å². The van der Waals surface area contributed by atoms with Crippen LogP contribution in [0.3, 0.4) is 0 Å². The molecule has 8 heteroatoms. The van der Waals surface area contributed by atoms with Crippen molar-refractivity contribution < 1.29 is 19.2 Å². The Labute approximate surface area is 164 Å². The van der Waals surface area contributed by atoms with Gasteiger partial charge in [0.25, 0.3) is 11.8 Å². The second-order valence-electron chi connectivity index (χ2n) is 7.65. The van der Waals surface area contributed by atoms with Crippen LogP contribution in [0.15, 0.2) is 24.3 Å². The molecule has 0 radical (unpaired) electrons. The van der Waals surface area contributed by atoms with Gasteiger partial charge >= 0.3 is 6.03 Å². The van der Waals surface area contributed by atoms with Gasteiger partial charge in [-0.1, -0.05) is 25.3 Å². The molecular formula is C20H26N4O4. The average Bonchev–Trinajstić information content (AvgIpc) is 2.84. The molecule has 1 saturated carbocycles. The van der Waals surface area contributed by atoms with E-state index in [0.717, 1.165) is 24.2 Å². The number of carbonyl (C=O) groups is 4. The molecule has 150 valence electrons. The van der Waals surface area contributed by atoms with Crippen molar-refractivity contribution in [3.8, 4) is 0 Å². The molecule has 2 aliphatic rings. The lowest BCUT2D eigenvalue weighted by molar-refractivity contribution is -0.136. The van der Waals surface area contributed by atoms with E-state index in [-0.39, 0.29) is 18.4 Å². The van der Waals surface area contributed by atoms with Gasteiger partial charge in [-0.2, -0.15) is 0 Å². The third-order valence-electron chi connectivity index (χ3n) is 5.59. The summed E-state index contributed by atoms with van der Waals surface area (Å²) in [5.41, 5.74) is 0.0859. The van der Waals surface area contributed by atoms with Crippen molar-refractivity contribution in [3.05, 3.63) is 29.8 Å². The molecule has 3 rings (SSSR count). The SMILES string of the molecule is CN(C)C(=O)c1cccc(NC(=O)CN2C(=O)N(C)C3(CCCCC3)C2=O)c1. The van der Waals surface area contributed by atoms with Gasteiger partial charge in [-0.15, -0.1) is 0 Å². The Kier molecular flexibility index (Phi) is 5.40. The number of rotatable bonds is 4. The Bertz CT molecular complexity index is 814. The van der Waals surface area contributed by atoms with E-state index in [0.29, 0.717) is 24.1 Å². The summed E-state index contributed by atoms with van der Waals surface area (Å²) in [6.45, 7) is -0.338. The Hall–Kier alpha value is -2.90. The summed E-state index contributed by atoms with van der Waals surface area (Å²) in [4.78, 5) is 54.1. The largest absolute Gasteiger partial charge is 0.345 e.